The molecule has 1 aromatic carbocycles. The molecule has 1 rings (SSSR count). The monoisotopic (exact) mass is 348 g/mol. The molecule has 0 aromatic heterocycles. The van der Waals surface area contributed by atoms with Crippen molar-refractivity contribution in [3.63, 3.8) is 0 Å². The first-order valence-corrected chi connectivity index (χ1v) is 8.88. The van der Waals surface area contributed by atoms with Crippen LogP contribution in [0.25, 0.3) is 0 Å². The molecule has 7 nitrogen and oxygen atoms in total. The fourth-order valence-corrected chi connectivity index (χ4v) is 2.29. The first kappa shape index (κ1) is 20.0. The van der Waals surface area contributed by atoms with Gasteiger partial charge in [-0.15, -0.1) is 0 Å². The van der Waals surface area contributed by atoms with Crippen molar-refractivity contribution in [3.8, 4) is 0 Å². The summed E-state index contributed by atoms with van der Waals surface area (Å²) in [6.45, 7) is 2.86. The lowest BCUT2D eigenvalue weighted by molar-refractivity contribution is 0.00744. The largest absolute Gasteiger partial charge is 0.394 e. The Balaban J connectivity index is 2.01. The minimum atomic E-state index is -4.13. The van der Waals surface area contributed by atoms with Gasteiger partial charge in [-0.05, 0) is 30.5 Å². The number of hydrogen-bond acceptors (Lipinski definition) is 6. The van der Waals surface area contributed by atoms with Crippen LogP contribution in [0.4, 0.5) is 0 Å². The summed E-state index contributed by atoms with van der Waals surface area (Å²) in [5, 5.41) is 8.50. The number of rotatable bonds is 13. The molecule has 0 aliphatic heterocycles. The van der Waals surface area contributed by atoms with E-state index >= 15 is 0 Å². The quantitative estimate of drug-likeness (QED) is 0.403. The van der Waals surface area contributed by atoms with Crippen LogP contribution in [-0.4, -0.2) is 64.3 Å². The third-order valence-electron chi connectivity index (χ3n) is 2.95. The molecule has 132 valence electrons. The molecule has 2 N–H and O–H groups in total. The Morgan fingerprint density at radius 1 is 0.826 bits per heavy atom. The lowest BCUT2D eigenvalue weighted by atomic mass is 10.1. The van der Waals surface area contributed by atoms with Crippen LogP contribution in [0.2, 0.25) is 0 Å². The molecule has 0 saturated carbocycles. The topological polar surface area (TPSA) is 102 Å². The Morgan fingerprint density at radius 2 is 1.35 bits per heavy atom. The summed E-state index contributed by atoms with van der Waals surface area (Å²) >= 11 is 0. The smallest absolute Gasteiger partial charge is 0.294 e. The molecule has 1 aromatic rings. The van der Waals surface area contributed by atoms with Crippen LogP contribution in [0.15, 0.2) is 29.2 Å². The maximum absolute atomic E-state index is 10.9. The lowest BCUT2D eigenvalue weighted by Crippen LogP contribution is -2.11. The summed E-state index contributed by atoms with van der Waals surface area (Å²) in [6, 6.07) is 6.13. The molecule has 0 radical (unpaired) electrons. The van der Waals surface area contributed by atoms with Gasteiger partial charge in [0.1, 0.15) is 0 Å². The number of aliphatic hydroxyl groups excluding tert-OH is 1. The highest BCUT2D eigenvalue weighted by atomic mass is 32.2. The summed E-state index contributed by atoms with van der Waals surface area (Å²) in [6.07, 6.45) is 1.58. The molecule has 0 unspecified atom stereocenters. The van der Waals surface area contributed by atoms with E-state index in [1.807, 2.05) is 0 Å². The molecule has 0 heterocycles. The summed E-state index contributed by atoms with van der Waals surface area (Å²) in [5.74, 6) is 0. The Hall–Kier alpha value is -1.03. The highest BCUT2D eigenvalue weighted by Crippen LogP contribution is 2.11. The zero-order chi connectivity index (χ0) is 17.0. The molecule has 0 aliphatic carbocycles. The first-order chi connectivity index (χ1) is 11.0. The van der Waals surface area contributed by atoms with Crippen molar-refractivity contribution in [3.05, 3.63) is 29.8 Å². The first-order valence-electron chi connectivity index (χ1n) is 7.44. The minimum Gasteiger partial charge on any atom is -0.394 e. The third-order valence-corrected chi connectivity index (χ3v) is 3.82. The van der Waals surface area contributed by atoms with Crippen LogP contribution in [0.1, 0.15) is 12.0 Å². The van der Waals surface area contributed by atoms with E-state index in [1.165, 1.54) is 12.1 Å². The van der Waals surface area contributed by atoms with E-state index in [2.05, 4.69) is 0 Å². The Labute approximate surface area is 136 Å². The van der Waals surface area contributed by atoms with E-state index in [-0.39, 0.29) is 11.5 Å². The predicted octanol–water partition coefficient (Wildman–Crippen LogP) is 0.908. The Kier molecular flexibility index (Phi) is 10.0. The van der Waals surface area contributed by atoms with Crippen molar-refractivity contribution < 1.29 is 32.3 Å². The normalized spacial score (nSPS) is 11.7. The van der Waals surface area contributed by atoms with E-state index in [9.17, 15) is 8.42 Å². The van der Waals surface area contributed by atoms with Crippen LogP contribution in [0.3, 0.4) is 0 Å². The second kappa shape index (κ2) is 11.5. The fraction of sp³-hybridized carbons (Fsp3) is 0.600. The van der Waals surface area contributed by atoms with Gasteiger partial charge in [0.25, 0.3) is 10.1 Å². The molecule has 8 heteroatoms. The van der Waals surface area contributed by atoms with Crippen molar-refractivity contribution in [2.45, 2.75) is 17.7 Å². The summed E-state index contributed by atoms with van der Waals surface area (Å²) in [4.78, 5) is -0.0994. The lowest BCUT2D eigenvalue weighted by Gasteiger charge is -2.06. The Bertz CT molecular complexity index is 513. The molecule has 0 saturated heterocycles. The number of benzene rings is 1. The standard InChI is InChI=1S/C15H24O7S/c16-7-9-21-11-13-22-12-10-20-8-1-2-14-3-5-15(6-4-14)23(17,18)19/h3-6,16H,1-2,7-13H2,(H,17,18,19). The van der Waals surface area contributed by atoms with E-state index in [0.717, 1.165) is 18.4 Å². The van der Waals surface area contributed by atoms with Crippen molar-refractivity contribution >= 4 is 10.1 Å². The zero-order valence-electron chi connectivity index (χ0n) is 13.0. The molecule has 0 fully saturated rings. The average Bonchev–Trinajstić information content (AvgIpc) is 2.52. The zero-order valence-corrected chi connectivity index (χ0v) is 13.8. The molecule has 0 bridgehead atoms. The van der Waals surface area contributed by atoms with E-state index in [4.69, 9.17) is 23.9 Å². The highest BCUT2D eigenvalue weighted by Gasteiger charge is 2.08. The second-order valence-electron chi connectivity index (χ2n) is 4.78. The van der Waals surface area contributed by atoms with Gasteiger partial charge in [-0.25, -0.2) is 0 Å². The van der Waals surface area contributed by atoms with E-state index in [0.29, 0.717) is 39.6 Å². The van der Waals surface area contributed by atoms with Crippen molar-refractivity contribution in [1.29, 1.82) is 0 Å². The molecule has 0 aliphatic rings. The highest BCUT2D eigenvalue weighted by molar-refractivity contribution is 7.85. The van der Waals surface area contributed by atoms with Crippen molar-refractivity contribution in [2.24, 2.45) is 0 Å². The van der Waals surface area contributed by atoms with Crippen LogP contribution < -0.4 is 0 Å². The van der Waals surface area contributed by atoms with Gasteiger partial charge in [0.2, 0.25) is 0 Å². The molecule has 0 amide bonds. The number of aryl methyl sites for hydroxylation is 1. The van der Waals surface area contributed by atoms with Crippen LogP contribution in [-0.2, 0) is 30.7 Å². The van der Waals surface area contributed by atoms with Crippen LogP contribution in [0, 0.1) is 0 Å². The van der Waals surface area contributed by atoms with Crippen molar-refractivity contribution in [2.75, 3.05) is 46.2 Å². The molecule has 23 heavy (non-hydrogen) atoms. The van der Waals surface area contributed by atoms with Crippen molar-refractivity contribution in [1.82, 2.24) is 0 Å². The molecule has 0 spiro atoms. The van der Waals surface area contributed by atoms with Gasteiger partial charge < -0.3 is 19.3 Å². The maximum Gasteiger partial charge on any atom is 0.294 e. The van der Waals surface area contributed by atoms with E-state index < -0.39 is 10.1 Å². The van der Waals surface area contributed by atoms with Gasteiger partial charge >= 0.3 is 0 Å². The van der Waals surface area contributed by atoms with Gasteiger partial charge in [-0.2, -0.15) is 8.42 Å². The Morgan fingerprint density at radius 3 is 1.87 bits per heavy atom. The van der Waals surface area contributed by atoms with Gasteiger partial charge in [-0.3, -0.25) is 4.55 Å². The van der Waals surface area contributed by atoms with Crippen LogP contribution >= 0.6 is 0 Å². The third kappa shape index (κ3) is 9.65. The predicted molar refractivity (Wildman–Crippen MR) is 84.1 cm³/mol. The SMILES string of the molecule is O=S(=O)(O)c1ccc(CCCOCCOCCOCCO)cc1. The average molecular weight is 348 g/mol. The number of aliphatic hydroxyl groups is 1. The van der Waals surface area contributed by atoms with Gasteiger partial charge in [0, 0.05) is 6.61 Å². The molecular formula is C15H24O7S. The summed E-state index contributed by atoms with van der Waals surface area (Å²) in [5.41, 5.74) is 0.985. The van der Waals surface area contributed by atoms with E-state index in [1.54, 1.807) is 12.1 Å². The van der Waals surface area contributed by atoms with Gasteiger partial charge in [0.05, 0.1) is 44.5 Å². The minimum absolute atomic E-state index is 0.0155. The molecular weight excluding hydrogens is 324 g/mol. The molecule has 0 atom stereocenters. The fourth-order valence-electron chi connectivity index (χ4n) is 1.81. The summed E-state index contributed by atoms with van der Waals surface area (Å²) in [7, 11) is -4.13. The number of hydrogen-bond donors (Lipinski definition) is 2. The second-order valence-corrected chi connectivity index (χ2v) is 6.20. The van der Waals surface area contributed by atoms with Gasteiger partial charge in [0.15, 0.2) is 0 Å². The number of ether oxygens (including phenoxy) is 3. The maximum atomic E-state index is 10.9. The van der Waals surface area contributed by atoms with Gasteiger partial charge in [-0.1, -0.05) is 12.1 Å². The summed E-state index contributed by atoms with van der Waals surface area (Å²) < 4.78 is 46.4. The van der Waals surface area contributed by atoms with Crippen LogP contribution in [0.5, 0.6) is 0 Å².